The van der Waals surface area contributed by atoms with Gasteiger partial charge in [0.1, 0.15) is 11.6 Å². The van der Waals surface area contributed by atoms with E-state index in [1.54, 1.807) is 29.7 Å². The van der Waals surface area contributed by atoms with Gasteiger partial charge in [-0.1, -0.05) is 12.1 Å². The lowest BCUT2D eigenvalue weighted by molar-refractivity contribution is 0.452. The zero-order chi connectivity index (χ0) is 20.6. The standard InChI is InChI=1S/C21H24FN5OS.HI/c1-4-23-21(26-13-19-14(2)27-15(3)29-19)25-12-16-7-6-10-24-20(16)28-18-9-5-8-17(22)11-18;/h5-11H,4,12-13H2,1-3H3,(H2,23,25,26);1H. The van der Waals surface area contributed by atoms with Crippen molar-refractivity contribution < 1.29 is 9.13 Å². The van der Waals surface area contributed by atoms with E-state index in [2.05, 4.69) is 25.6 Å². The number of hydrogen-bond acceptors (Lipinski definition) is 5. The molecule has 3 rings (SSSR count). The number of hydrogen-bond donors (Lipinski definition) is 2. The Morgan fingerprint density at radius 2 is 2.03 bits per heavy atom. The second-order valence-corrected chi connectivity index (χ2v) is 7.61. The Hall–Kier alpha value is -2.27. The Labute approximate surface area is 197 Å². The molecule has 0 aliphatic rings. The first kappa shape index (κ1) is 24.0. The van der Waals surface area contributed by atoms with Crippen LogP contribution in [0, 0.1) is 19.7 Å². The maximum Gasteiger partial charge on any atom is 0.224 e. The lowest BCUT2D eigenvalue weighted by atomic mass is 10.2. The molecule has 0 unspecified atom stereocenters. The second kappa shape index (κ2) is 11.8. The third kappa shape index (κ3) is 6.91. The number of aromatic nitrogens is 2. The maximum atomic E-state index is 13.4. The smallest absolute Gasteiger partial charge is 0.224 e. The zero-order valence-electron chi connectivity index (χ0n) is 17.1. The van der Waals surface area contributed by atoms with Crippen molar-refractivity contribution in [3.05, 3.63) is 69.6 Å². The van der Waals surface area contributed by atoms with Gasteiger partial charge in [-0.25, -0.2) is 19.4 Å². The molecule has 30 heavy (non-hydrogen) atoms. The molecule has 2 heterocycles. The van der Waals surface area contributed by atoms with Gasteiger partial charge in [0.15, 0.2) is 5.96 Å². The van der Waals surface area contributed by atoms with Crippen LogP contribution in [0.15, 0.2) is 47.6 Å². The van der Waals surface area contributed by atoms with Gasteiger partial charge in [0.25, 0.3) is 0 Å². The molecule has 2 N–H and O–H groups in total. The van der Waals surface area contributed by atoms with E-state index >= 15 is 0 Å². The lowest BCUT2D eigenvalue weighted by Gasteiger charge is -2.12. The summed E-state index contributed by atoms with van der Waals surface area (Å²) in [6.07, 6.45) is 1.64. The van der Waals surface area contributed by atoms with Crippen molar-refractivity contribution in [2.75, 3.05) is 6.54 Å². The first-order chi connectivity index (χ1) is 14.0. The minimum atomic E-state index is -0.356. The van der Waals surface area contributed by atoms with E-state index in [0.29, 0.717) is 30.7 Å². The molecule has 0 bridgehead atoms. The molecule has 2 aromatic heterocycles. The quantitative estimate of drug-likeness (QED) is 0.252. The number of rotatable bonds is 7. The minimum Gasteiger partial charge on any atom is -0.439 e. The predicted octanol–water partition coefficient (Wildman–Crippen LogP) is 4.96. The molecule has 0 saturated carbocycles. The molecule has 0 aliphatic heterocycles. The van der Waals surface area contributed by atoms with E-state index in [0.717, 1.165) is 22.8 Å². The number of nitrogens with zero attached hydrogens (tertiary/aromatic N) is 3. The van der Waals surface area contributed by atoms with Crippen LogP contribution in [0.3, 0.4) is 0 Å². The van der Waals surface area contributed by atoms with Crippen molar-refractivity contribution in [3.63, 3.8) is 0 Å². The molecule has 3 aromatic rings. The van der Waals surface area contributed by atoms with Crippen molar-refractivity contribution >= 4 is 41.3 Å². The summed E-state index contributed by atoms with van der Waals surface area (Å²) in [4.78, 5) is 14.6. The summed E-state index contributed by atoms with van der Waals surface area (Å²) in [6.45, 7) is 7.80. The van der Waals surface area contributed by atoms with Crippen LogP contribution in [-0.2, 0) is 13.1 Å². The van der Waals surface area contributed by atoms with Gasteiger partial charge in [-0.2, -0.15) is 0 Å². The Morgan fingerprint density at radius 3 is 2.73 bits per heavy atom. The number of pyridine rings is 1. The first-order valence-corrected chi connectivity index (χ1v) is 10.2. The van der Waals surface area contributed by atoms with Crippen LogP contribution in [0.1, 0.15) is 28.1 Å². The van der Waals surface area contributed by atoms with Crippen molar-refractivity contribution in [1.29, 1.82) is 0 Å². The molecule has 0 atom stereocenters. The average Bonchev–Trinajstić information content (AvgIpc) is 3.02. The Bertz CT molecular complexity index is 995. The number of thiazole rings is 1. The number of benzene rings is 1. The fourth-order valence-corrected chi connectivity index (χ4v) is 3.56. The van der Waals surface area contributed by atoms with Crippen molar-refractivity contribution in [3.8, 4) is 11.6 Å². The van der Waals surface area contributed by atoms with Crippen LogP contribution in [0.25, 0.3) is 0 Å². The van der Waals surface area contributed by atoms with Crippen LogP contribution in [0.2, 0.25) is 0 Å². The van der Waals surface area contributed by atoms with Gasteiger partial charge in [-0.05, 0) is 39.0 Å². The topological polar surface area (TPSA) is 71.4 Å². The molecule has 6 nitrogen and oxygen atoms in total. The Morgan fingerprint density at radius 1 is 1.20 bits per heavy atom. The highest BCUT2D eigenvalue weighted by Gasteiger charge is 2.09. The van der Waals surface area contributed by atoms with Gasteiger partial charge < -0.3 is 15.4 Å². The summed E-state index contributed by atoms with van der Waals surface area (Å²) in [6, 6.07) is 9.71. The zero-order valence-corrected chi connectivity index (χ0v) is 20.3. The number of aryl methyl sites for hydroxylation is 2. The highest BCUT2D eigenvalue weighted by atomic mass is 127. The van der Waals surface area contributed by atoms with Crippen LogP contribution >= 0.6 is 35.3 Å². The summed E-state index contributed by atoms with van der Waals surface area (Å²) in [7, 11) is 0. The van der Waals surface area contributed by atoms with Crippen LogP contribution in [0.5, 0.6) is 11.6 Å². The molecule has 0 aliphatic carbocycles. The van der Waals surface area contributed by atoms with Crippen molar-refractivity contribution in [1.82, 2.24) is 20.6 Å². The number of guanidine groups is 1. The number of aliphatic imine (C=N–C) groups is 1. The Kier molecular flexibility index (Phi) is 9.44. The van der Waals surface area contributed by atoms with Crippen molar-refractivity contribution in [2.24, 2.45) is 4.99 Å². The number of halogens is 2. The Balaban J connectivity index is 0.00000320. The molecule has 0 fully saturated rings. The van der Waals surface area contributed by atoms with E-state index in [9.17, 15) is 4.39 Å². The third-order valence-corrected chi connectivity index (χ3v) is 5.10. The van der Waals surface area contributed by atoms with Gasteiger partial charge in [-0.15, -0.1) is 35.3 Å². The monoisotopic (exact) mass is 541 g/mol. The molecular weight excluding hydrogens is 516 g/mol. The van der Waals surface area contributed by atoms with E-state index in [1.165, 1.54) is 17.0 Å². The van der Waals surface area contributed by atoms with E-state index in [1.807, 2.05) is 32.9 Å². The van der Waals surface area contributed by atoms with Gasteiger partial charge in [0.2, 0.25) is 5.88 Å². The van der Waals surface area contributed by atoms with Gasteiger partial charge in [0.05, 0.1) is 23.8 Å². The van der Waals surface area contributed by atoms with E-state index < -0.39 is 0 Å². The normalized spacial score (nSPS) is 11.0. The SMILES string of the molecule is CCNC(=NCc1cccnc1Oc1cccc(F)c1)NCc1sc(C)nc1C.I. The van der Waals surface area contributed by atoms with Gasteiger partial charge in [0, 0.05) is 29.2 Å². The van der Waals surface area contributed by atoms with Gasteiger partial charge in [-0.3, -0.25) is 0 Å². The van der Waals surface area contributed by atoms with Crippen molar-refractivity contribution in [2.45, 2.75) is 33.9 Å². The molecule has 0 saturated heterocycles. The second-order valence-electron chi connectivity index (χ2n) is 6.32. The average molecular weight is 541 g/mol. The minimum absolute atomic E-state index is 0. The summed E-state index contributed by atoms with van der Waals surface area (Å²) in [5.41, 5.74) is 1.84. The fourth-order valence-electron chi connectivity index (χ4n) is 2.69. The lowest BCUT2D eigenvalue weighted by Crippen LogP contribution is -2.36. The third-order valence-electron chi connectivity index (χ3n) is 4.03. The largest absolute Gasteiger partial charge is 0.439 e. The molecule has 9 heteroatoms. The molecule has 0 amide bonds. The molecule has 1 aromatic carbocycles. The first-order valence-electron chi connectivity index (χ1n) is 9.37. The number of ether oxygens (including phenoxy) is 1. The fraction of sp³-hybridized carbons (Fsp3) is 0.286. The summed E-state index contributed by atoms with van der Waals surface area (Å²) >= 11 is 1.68. The highest BCUT2D eigenvalue weighted by Crippen LogP contribution is 2.24. The van der Waals surface area contributed by atoms with Crippen LogP contribution < -0.4 is 15.4 Å². The summed E-state index contributed by atoms with van der Waals surface area (Å²) < 4.78 is 19.2. The maximum absolute atomic E-state index is 13.4. The van der Waals surface area contributed by atoms with E-state index in [-0.39, 0.29) is 29.8 Å². The molecule has 0 radical (unpaired) electrons. The predicted molar refractivity (Wildman–Crippen MR) is 129 cm³/mol. The van der Waals surface area contributed by atoms with Crippen LogP contribution in [0.4, 0.5) is 4.39 Å². The number of nitrogens with one attached hydrogen (secondary N) is 2. The van der Waals surface area contributed by atoms with Gasteiger partial charge >= 0.3 is 0 Å². The molecule has 160 valence electrons. The van der Waals surface area contributed by atoms with E-state index in [4.69, 9.17) is 4.74 Å². The highest BCUT2D eigenvalue weighted by molar-refractivity contribution is 14.0. The molecule has 0 spiro atoms. The summed E-state index contributed by atoms with van der Waals surface area (Å²) in [5, 5.41) is 7.63. The van der Waals surface area contributed by atoms with Crippen LogP contribution in [-0.4, -0.2) is 22.5 Å². The molecular formula is C21H25FIN5OS. The summed E-state index contributed by atoms with van der Waals surface area (Å²) in [5.74, 6) is 1.14.